The number of carbonyl (C=O) groups excluding carboxylic acids is 1. The van der Waals surface area contributed by atoms with Gasteiger partial charge >= 0.3 is 0 Å². The SMILES string of the molecule is CNCC(C)C(=O)NCCC(O)C(C)C.Cl. The number of hydrogen-bond donors (Lipinski definition) is 3. The fraction of sp³-hybridized carbons (Fsp3) is 0.909. The van der Waals surface area contributed by atoms with Crippen LogP contribution < -0.4 is 10.6 Å². The highest BCUT2D eigenvalue weighted by atomic mass is 35.5. The van der Waals surface area contributed by atoms with E-state index in [9.17, 15) is 9.90 Å². The van der Waals surface area contributed by atoms with Crippen molar-refractivity contribution < 1.29 is 9.90 Å². The van der Waals surface area contributed by atoms with Crippen LogP contribution in [0.15, 0.2) is 0 Å². The van der Waals surface area contributed by atoms with E-state index in [1.54, 1.807) is 0 Å². The van der Waals surface area contributed by atoms with Gasteiger partial charge in [0, 0.05) is 19.0 Å². The lowest BCUT2D eigenvalue weighted by Crippen LogP contribution is -2.36. The molecule has 0 aromatic heterocycles. The Bertz CT molecular complexity index is 189. The van der Waals surface area contributed by atoms with Crippen LogP contribution in [0.25, 0.3) is 0 Å². The van der Waals surface area contributed by atoms with Crippen molar-refractivity contribution in [2.75, 3.05) is 20.1 Å². The Hall–Kier alpha value is -0.320. The summed E-state index contributed by atoms with van der Waals surface area (Å²) < 4.78 is 0. The maximum atomic E-state index is 11.5. The van der Waals surface area contributed by atoms with E-state index in [0.717, 1.165) is 0 Å². The predicted octanol–water partition coefficient (Wildman–Crippen LogP) is 0.787. The molecule has 0 rings (SSSR count). The molecule has 2 atom stereocenters. The van der Waals surface area contributed by atoms with Crippen molar-refractivity contribution in [3.63, 3.8) is 0 Å². The van der Waals surface area contributed by atoms with E-state index in [1.807, 2.05) is 27.8 Å². The van der Waals surface area contributed by atoms with Crippen LogP contribution in [0.5, 0.6) is 0 Å². The molecule has 0 aliphatic heterocycles. The van der Waals surface area contributed by atoms with Gasteiger partial charge in [0.1, 0.15) is 0 Å². The number of aliphatic hydroxyl groups excluding tert-OH is 1. The Kier molecular flexibility index (Phi) is 11.1. The number of carbonyl (C=O) groups is 1. The van der Waals surface area contributed by atoms with Gasteiger partial charge in [-0.3, -0.25) is 4.79 Å². The molecule has 98 valence electrons. The molecule has 4 nitrogen and oxygen atoms in total. The van der Waals surface area contributed by atoms with Gasteiger partial charge in [-0.15, -0.1) is 12.4 Å². The number of halogens is 1. The van der Waals surface area contributed by atoms with Crippen LogP contribution in [0.4, 0.5) is 0 Å². The lowest BCUT2D eigenvalue weighted by Gasteiger charge is -2.16. The van der Waals surface area contributed by atoms with E-state index in [4.69, 9.17) is 0 Å². The highest BCUT2D eigenvalue weighted by Crippen LogP contribution is 2.04. The maximum Gasteiger partial charge on any atom is 0.224 e. The first-order chi connectivity index (χ1) is 6.99. The summed E-state index contributed by atoms with van der Waals surface area (Å²) in [6.07, 6.45) is 0.292. The predicted molar refractivity (Wildman–Crippen MR) is 68.8 cm³/mol. The summed E-state index contributed by atoms with van der Waals surface area (Å²) in [4.78, 5) is 11.5. The summed E-state index contributed by atoms with van der Waals surface area (Å²) in [5.41, 5.74) is 0. The quantitative estimate of drug-likeness (QED) is 0.628. The molecule has 0 aliphatic rings. The molecular formula is C11H25ClN2O2. The molecule has 0 saturated carbocycles. The Labute approximate surface area is 105 Å². The first-order valence-corrected chi connectivity index (χ1v) is 5.59. The maximum absolute atomic E-state index is 11.5. The van der Waals surface area contributed by atoms with Gasteiger partial charge < -0.3 is 15.7 Å². The third-order valence-electron chi connectivity index (χ3n) is 2.47. The minimum absolute atomic E-state index is 0. The summed E-state index contributed by atoms with van der Waals surface area (Å²) in [5, 5.41) is 15.3. The topological polar surface area (TPSA) is 61.4 Å². The van der Waals surface area contributed by atoms with Crippen LogP contribution in [0.1, 0.15) is 27.2 Å². The van der Waals surface area contributed by atoms with Gasteiger partial charge in [0.25, 0.3) is 0 Å². The Morgan fingerprint density at radius 3 is 2.31 bits per heavy atom. The Morgan fingerprint density at radius 2 is 1.88 bits per heavy atom. The van der Waals surface area contributed by atoms with Gasteiger partial charge in [0.05, 0.1) is 6.10 Å². The second-order valence-electron chi connectivity index (χ2n) is 4.35. The summed E-state index contributed by atoms with van der Waals surface area (Å²) in [7, 11) is 1.83. The monoisotopic (exact) mass is 252 g/mol. The minimum Gasteiger partial charge on any atom is -0.393 e. The lowest BCUT2D eigenvalue weighted by molar-refractivity contribution is -0.124. The fourth-order valence-corrected chi connectivity index (χ4v) is 1.25. The first kappa shape index (κ1) is 18.1. The van der Waals surface area contributed by atoms with E-state index in [-0.39, 0.29) is 36.3 Å². The molecule has 1 amide bonds. The molecular weight excluding hydrogens is 228 g/mol. The molecule has 0 fully saturated rings. The third-order valence-corrected chi connectivity index (χ3v) is 2.47. The normalized spacial score (nSPS) is 14.1. The van der Waals surface area contributed by atoms with Crippen LogP contribution in [-0.4, -0.2) is 37.3 Å². The average Bonchev–Trinajstić information content (AvgIpc) is 2.17. The van der Waals surface area contributed by atoms with E-state index >= 15 is 0 Å². The van der Waals surface area contributed by atoms with Gasteiger partial charge in [0.15, 0.2) is 0 Å². The molecule has 0 bridgehead atoms. The summed E-state index contributed by atoms with van der Waals surface area (Å²) in [5.74, 6) is 0.267. The summed E-state index contributed by atoms with van der Waals surface area (Å²) in [6.45, 7) is 7.04. The van der Waals surface area contributed by atoms with Gasteiger partial charge in [-0.25, -0.2) is 0 Å². The molecule has 2 unspecified atom stereocenters. The van der Waals surface area contributed by atoms with Crippen molar-refractivity contribution >= 4 is 18.3 Å². The standard InChI is InChI=1S/C11H24N2O2.ClH/c1-8(2)10(14)5-6-13-11(15)9(3)7-12-4;/h8-10,12,14H,5-7H2,1-4H3,(H,13,15);1H. The average molecular weight is 253 g/mol. The van der Waals surface area contributed by atoms with Crippen molar-refractivity contribution in [2.24, 2.45) is 11.8 Å². The van der Waals surface area contributed by atoms with Crippen LogP contribution in [0.3, 0.4) is 0 Å². The van der Waals surface area contributed by atoms with Crippen molar-refractivity contribution in [1.29, 1.82) is 0 Å². The van der Waals surface area contributed by atoms with Crippen molar-refractivity contribution in [3.05, 3.63) is 0 Å². The highest BCUT2D eigenvalue weighted by Gasteiger charge is 2.13. The van der Waals surface area contributed by atoms with Crippen LogP contribution in [0, 0.1) is 11.8 Å². The smallest absolute Gasteiger partial charge is 0.224 e. The van der Waals surface area contributed by atoms with E-state index < -0.39 is 0 Å². The number of amides is 1. The molecule has 0 heterocycles. The molecule has 0 spiro atoms. The molecule has 0 aromatic carbocycles. The van der Waals surface area contributed by atoms with Gasteiger partial charge in [-0.1, -0.05) is 20.8 Å². The molecule has 0 aliphatic carbocycles. The molecule has 0 aromatic rings. The van der Waals surface area contributed by atoms with E-state index in [2.05, 4.69) is 10.6 Å². The summed E-state index contributed by atoms with van der Waals surface area (Å²) >= 11 is 0. The fourth-order valence-electron chi connectivity index (χ4n) is 1.25. The first-order valence-electron chi connectivity index (χ1n) is 5.59. The largest absolute Gasteiger partial charge is 0.393 e. The third kappa shape index (κ3) is 7.91. The molecule has 16 heavy (non-hydrogen) atoms. The van der Waals surface area contributed by atoms with Gasteiger partial charge in [-0.2, -0.15) is 0 Å². The Balaban J connectivity index is 0. The highest BCUT2D eigenvalue weighted by molar-refractivity contribution is 5.85. The van der Waals surface area contributed by atoms with Gasteiger partial charge in [0.2, 0.25) is 5.91 Å². The molecule has 0 radical (unpaired) electrons. The van der Waals surface area contributed by atoms with Crippen LogP contribution >= 0.6 is 12.4 Å². The number of nitrogens with one attached hydrogen (secondary N) is 2. The summed E-state index contributed by atoms with van der Waals surface area (Å²) in [6, 6.07) is 0. The molecule has 0 saturated heterocycles. The second-order valence-corrected chi connectivity index (χ2v) is 4.35. The van der Waals surface area contributed by atoms with Crippen LogP contribution in [0.2, 0.25) is 0 Å². The van der Waals surface area contributed by atoms with Gasteiger partial charge in [-0.05, 0) is 19.4 Å². The zero-order chi connectivity index (χ0) is 11.8. The zero-order valence-corrected chi connectivity index (χ0v) is 11.4. The van der Waals surface area contributed by atoms with Crippen molar-refractivity contribution in [3.8, 4) is 0 Å². The van der Waals surface area contributed by atoms with E-state index in [1.165, 1.54) is 0 Å². The second kappa shape index (κ2) is 9.87. The molecule has 5 heteroatoms. The van der Waals surface area contributed by atoms with Crippen molar-refractivity contribution in [1.82, 2.24) is 10.6 Å². The Morgan fingerprint density at radius 1 is 1.31 bits per heavy atom. The van der Waals surface area contributed by atoms with Crippen LogP contribution in [-0.2, 0) is 4.79 Å². The van der Waals surface area contributed by atoms with E-state index in [0.29, 0.717) is 19.5 Å². The minimum atomic E-state index is -0.329. The number of rotatable bonds is 7. The lowest BCUT2D eigenvalue weighted by atomic mass is 10.0. The molecule has 3 N–H and O–H groups in total. The zero-order valence-electron chi connectivity index (χ0n) is 10.6. The number of aliphatic hydroxyl groups is 1. The van der Waals surface area contributed by atoms with Crippen molar-refractivity contribution in [2.45, 2.75) is 33.3 Å². The number of hydrogen-bond acceptors (Lipinski definition) is 3.